The third-order valence-corrected chi connectivity index (χ3v) is 6.33. The molecule has 0 bridgehead atoms. The minimum absolute atomic E-state index is 0.0281. The molecule has 1 unspecified atom stereocenters. The number of anilines is 2. The van der Waals surface area contributed by atoms with Gasteiger partial charge in [0.2, 0.25) is 17.7 Å². The van der Waals surface area contributed by atoms with Crippen LogP contribution < -0.4 is 10.2 Å². The topological polar surface area (TPSA) is 142 Å². The number of para-hydroxylation sites is 1. The van der Waals surface area contributed by atoms with E-state index < -0.39 is 0 Å². The largest absolute Gasteiger partial charge is 0.420 e. The van der Waals surface area contributed by atoms with Crippen molar-refractivity contribution in [3.05, 3.63) is 60.0 Å². The number of carbonyl (C=O) groups excluding carboxylic acids is 1. The van der Waals surface area contributed by atoms with E-state index in [4.69, 9.17) is 4.42 Å². The number of nitrogens with zero attached hydrogens (tertiary/aromatic N) is 8. The van der Waals surface area contributed by atoms with Gasteiger partial charge in [0.15, 0.2) is 0 Å². The van der Waals surface area contributed by atoms with Crippen LogP contribution in [0.1, 0.15) is 23.7 Å². The van der Waals surface area contributed by atoms with E-state index in [1.54, 1.807) is 17.3 Å². The smallest absolute Gasteiger partial charge is 0.250 e. The average Bonchev–Trinajstić information content (AvgIpc) is 3.66. The summed E-state index contributed by atoms with van der Waals surface area (Å²) in [6, 6.07) is 10.6. The normalized spacial score (nSPS) is 17.4. The van der Waals surface area contributed by atoms with Gasteiger partial charge in [-0.25, -0.2) is 9.97 Å². The Labute approximate surface area is 200 Å². The predicted molar refractivity (Wildman–Crippen MR) is 125 cm³/mol. The van der Waals surface area contributed by atoms with Crippen LogP contribution in [0.3, 0.4) is 0 Å². The summed E-state index contributed by atoms with van der Waals surface area (Å²) in [5.74, 6) is 1.00. The maximum atomic E-state index is 12.7. The van der Waals surface area contributed by atoms with Crippen molar-refractivity contribution in [2.75, 3.05) is 29.9 Å². The van der Waals surface area contributed by atoms with Crippen LogP contribution in [0.2, 0.25) is 0 Å². The first-order valence-electron chi connectivity index (χ1n) is 11.6. The summed E-state index contributed by atoms with van der Waals surface area (Å²) in [6.07, 6.45) is 5.01. The Balaban J connectivity index is 1.04. The zero-order valence-corrected chi connectivity index (χ0v) is 19.0. The van der Waals surface area contributed by atoms with Crippen LogP contribution in [0.25, 0.3) is 11.5 Å². The lowest BCUT2D eigenvalue weighted by molar-refractivity contribution is -0.131. The number of aromatic amines is 1. The SMILES string of the molecule is O=C(Cc1nnc(-c2cnc(NC3CCN(c4ccccc4)C3)nc2)o1)N1CCc2n[nH]nc2C1. The van der Waals surface area contributed by atoms with Crippen molar-refractivity contribution in [1.82, 2.24) is 40.5 Å². The molecule has 2 aliphatic rings. The van der Waals surface area contributed by atoms with Gasteiger partial charge in [0.1, 0.15) is 12.1 Å². The van der Waals surface area contributed by atoms with Gasteiger partial charge in [-0.1, -0.05) is 18.2 Å². The molecule has 1 fully saturated rings. The molecule has 1 atom stereocenters. The third-order valence-electron chi connectivity index (χ3n) is 6.33. The van der Waals surface area contributed by atoms with Crippen molar-refractivity contribution < 1.29 is 9.21 Å². The van der Waals surface area contributed by atoms with E-state index in [9.17, 15) is 4.79 Å². The van der Waals surface area contributed by atoms with Crippen molar-refractivity contribution in [2.24, 2.45) is 0 Å². The van der Waals surface area contributed by atoms with Crippen molar-refractivity contribution in [3.63, 3.8) is 0 Å². The monoisotopic (exact) mass is 472 g/mol. The zero-order valence-electron chi connectivity index (χ0n) is 19.0. The number of aromatic nitrogens is 7. The second kappa shape index (κ2) is 9.12. The average molecular weight is 473 g/mol. The molecule has 1 saturated heterocycles. The number of hydrogen-bond acceptors (Lipinski definition) is 10. The molecule has 178 valence electrons. The first kappa shape index (κ1) is 21.2. The lowest BCUT2D eigenvalue weighted by Gasteiger charge is -2.24. The van der Waals surface area contributed by atoms with Gasteiger partial charge in [-0.2, -0.15) is 15.4 Å². The van der Waals surface area contributed by atoms with Crippen LogP contribution in [0.5, 0.6) is 0 Å². The highest BCUT2D eigenvalue weighted by molar-refractivity contribution is 5.78. The fourth-order valence-electron chi connectivity index (χ4n) is 4.45. The first-order valence-corrected chi connectivity index (χ1v) is 11.6. The maximum absolute atomic E-state index is 12.7. The van der Waals surface area contributed by atoms with Crippen molar-refractivity contribution in [3.8, 4) is 11.5 Å². The zero-order chi connectivity index (χ0) is 23.6. The Kier molecular flexibility index (Phi) is 5.53. The first-order chi connectivity index (χ1) is 17.2. The van der Waals surface area contributed by atoms with Gasteiger partial charge in [-0.15, -0.1) is 10.2 Å². The van der Waals surface area contributed by atoms with Crippen molar-refractivity contribution in [2.45, 2.75) is 31.8 Å². The number of fused-ring (bicyclic) bond motifs is 1. The number of H-pyrrole nitrogens is 1. The minimum Gasteiger partial charge on any atom is -0.420 e. The van der Waals surface area contributed by atoms with Gasteiger partial charge in [-0.3, -0.25) is 4.79 Å². The number of carbonyl (C=O) groups is 1. The Morgan fingerprint density at radius 2 is 1.91 bits per heavy atom. The molecule has 35 heavy (non-hydrogen) atoms. The van der Waals surface area contributed by atoms with Gasteiger partial charge in [0.25, 0.3) is 5.89 Å². The number of amides is 1. The van der Waals surface area contributed by atoms with E-state index in [-0.39, 0.29) is 30.2 Å². The second-order valence-corrected chi connectivity index (χ2v) is 8.67. The summed E-state index contributed by atoms with van der Waals surface area (Å²) in [4.78, 5) is 25.6. The minimum atomic E-state index is -0.0919. The standard InChI is InChI=1S/C23H24N10O2/c34-21(33-9-7-18-19(14-33)28-31-27-18)10-20-29-30-22(35-20)15-11-24-23(25-12-15)26-16-6-8-32(13-16)17-4-2-1-3-5-17/h1-5,11-12,16H,6-10,13-14H2,(H,24,25,26)(H,27,28,31). The molecule has 12 heteroatoms. The number of hydrogen-bond donors (Lipinski definition) is 2. The van der Waals surface area contributed by atoms with Crippen LogP contribution in [-0.2, 0) is 24.2 Å². The molecule has 0 spiro atoms. The summed E-state index contributed by atoms with van der Waals surface area (Å²) < 4.78 is 5.71. The lowest BCUT2D eigenvalue weighted by atomic mass is 10.1. The molecular formula is C23H24N10O2. The third kappa shape index (κ3) is 4.54. The molecule has 5 heterocycles. The highest BCUT2D eigenvalue weighted by Gasteiger charge is 2.26. The molecule has 0 aliphatic carbocycles. The molecule has 12 nitrogen and oxygen atoms in total. The van der Waals surface area contributed by atoms with Gasteiger partial charge < -0.3 is 19.5 Å². The molecule has 0 saturated carbocycles. The summed E-state index contributed by atoms with van der Waals surface area (Å²) >= 11 is 0. The van der Waals surface area contributed by atoms with Crippen LogP contribution in [0, 0.1) is 0 Å². The molecule has 3 aromatic heterocycles. The molecule has 1 amide bonds. The molecule has 2 N–H and O–H groups in total. The van der Waals surface area contributed by atoms with Crippen LogP contribution >= 0.6 is 0 Å². The van der Waals surface area contributed by atoms with Crippen LogP contribution in [0.15, 0.2) is 47.1 Å². The molecule has 0 radical (unpaired) electrons. The highest BCUT2D eigenvalue weighted by Crippen LogP contribution is 2.22. The Hall–Kier alpha value is -4.35. The molecule has 6 rings (SSSR count). The van der Waals surface area contributed by atoms with Crippen molar-refractivity contribution in [1.29, 1.82) is 0 Å². The fourth-order valence-corrected chi connectivity index (χ4v) is 4.45. The van der Waals surface area contributed by atoms with E-state index in [1.165, 1.54) is 5.69 Å². The Morgan fingerprint density at radius 3 is 2.77 bits per heavy atom. The van der Waals surface area contributed by atoms with Gasteiger partial charge in [-0.05, 0) is 18.6 Å². The number of benzene rings is 1. The Bertz CT molecular complexity index is 1300. The van der Waals surface area contributed by atoms with E-state index in [2.05, 4.69) is 70.1 Å². The summed E-state index contributed by atoms with van der Waals surface area (Å²) in [7, 11) is 0. The molecule has 1 aromatic carbocycles. The second-order valence-electron chi connectivity index (χ2n) is 8.67. The van der Waals surface area contributed by atoms with E-state index in [0.717, 1.165) is 30.9 Å². The molecule has 2 aliphatic heterocycles. The quantitative estimate of drug-likeness (QED) is 0.423. The highest BCUT2D eigenvalue weighted by atomic mass is 16.4. The predicted octanol–water partition coefficient (Wildman–Crippen LogP) is 1.46. The lowest BCUT2D eigenvalue weighted by Crippen LogP contribution is -2.37. The summed E-state index contributed by atoms with van der Waals surface area (Å²) in [5.41, 5.74) is 3.53. The van der Waals surface area contributed by atoms with Crippen molar-refractivity contribution >= 4 is 17.5 Å². The van der Waals surface area contributed by atoms with Gasteiger partial charge in [0.05, 0.1) is 17.8 Å². The number of rotatable bonds is 6. The van der Waals surface area contributed by atoms with E-state index in [0.29, 0.717) is 31.0 Å². The number of nitrogens with one attached hydrogen (secondary N) is 2. The van der Waals surface area contributed by atoms with E-state index in [1.807, 2.05) is 6.07 Å². The van der Waals surface area contributed by atoms with Gasteiger partial charge >= 0.3 is 0 Å². The summed E-state index contributed by atoms with van der Waals surface area (Å²) in [5, 5.41) is 22.3. The van der Waals surface area contributed by atoms with Gasteiger partial charge in [0, 0.05) is 50.2 Å². The summed E-state index contributed by atoms with van der Waals surface area (Å²) in [6.45, 7) is 2.90. The molecular weight excluding hydrogens is 448 g/mol. The maximum Gasteiger partial charge on any atom is 0.250 e. The van der Waals surface area contributed by atoms with E-state index >= 15 is 0 Å². The van der Waals surface area contributed by atoms with Crippen LogP contribution in [0.4, 0.5) is 11.6 Å². The Morgan fingerprint density at radius 1 is 1.09 bits per heavy atom. The molecule has 4 aromatic rings. The van der Waals surface area contributed by atoms with Crippen LogP contribution in [-0.4, -0.2) is 72.1 Å². The fraction of sp³-hybridized carbons (Fsp3) is 0.348.